The minimum Gasteiger partial charge on any atom is -0.507 e. The van der Waals surface area contributed by atoms with Crippen molar-refractivity contribution in [1.29, 1.82) is 0 Å². The molecule has 136 valence electrons. The van der Waals surface area contributed by atoms with E-state index in [1.165, 1.54) is 32.4 Å². The molecule has 2 aromatic rings. The minimum absolute atomic E-state index is 0.139. The number of hydrogen-bond donors (Lipinski definition) is 3. The summed E-state index contributed by atoms with van der Waals surface area (Å²) >= 11 is 0. The molecule has 0 fully saturated rings. The van der Waals surface area contributed by atoms with E-state index in [0.29, 0.717) is 11.3 Å². The molecule has 2 rings (SSSR count). The molecule has 0 saturated carbocycles. The summed E-state index contributed by atoms with van der Waals surface area (Å²) in [6.45, 7) is 0. The Balaban J connectivity index is 2.27. The number of rotatable bonds is 5. The zero-order chi connectivity index (χ0) is 19.1. The number of aromatic hydroxyl groups is 1. The molecule has 3 amide bonds. The molecule has 0 spiro atoms. The van der Waals surface area contributed by atoms with Crippen molar-refractivity contribution in [3.05, 3.63) is 59.7 Å². The Morgan fingerprint density at radius 1 is 1.08 bits per heavy atom. The summed E-state index contributed by atoms with van der Waals surface area (Å²) in [4.78, 5) is 36.1. The second kappa shape index (κ2) is 8.52. The Morgan fingerprint density at radius 2 is 1.77 bits per heavy atom. The van der Waals surface area contributed by atoms with E-state index in [1.54, 1.807) is 30.3 Å². The first kappa shape index (κ1) is 18.8. The second-order valence-corrected chi connectivity index (χ2v) is 5.15. The van der Waals surface area contributed by atoms with Crippen LogP contribution in [-0.2, 0) is 9.53 Å². The van der Waals surface area contributed by atoms with Crippen molar-refractivity contribution in [3.63, 3.8) is 0 Å². The van der Waals surface area contributed by atoms with Gasteiger partial charge in [-0.05, 0) is 12.1 Å². The van der Waals surface area contributed by atoms with Crippen molar-refractivity contribution in [2.45, 2.75) is 6.10 Å². The summed E-state index contributed by atoms with van der Waals surface area (Å²) in [6.07, 6.45) is -1.37. The molecule has 2 aromatic carbocycles. The first-order valence-corrected chi connectivity index (χ1v) is 7.61. The molecule has 0 aromatic heterocycles. The molecule has 0 aliphatic carbocycles. The molecule has 26 heavy (non-hydrogen) atoms. The second-order valence-electron chi connectivity index (χ2n) is 5.15. The molecule has 0 unspecified atom stereocenters. The van der Waals surface area contributed by atoms with Gasteiger partial charge in [-0.3, -0.25) is 10.1 Å². The number of hydrogen-bond acceptors (Lipinski definition) is 6. The van der Waals surface area contributed by atoms with Crippen molar-refractivity contribution in [2.24, 2.45) is 0 Å². The Hall–Kier alpha value is -3.55. The molecule has 8 heteroatoms. The number of methoxy groups -OCH3 is 1. The third kappa shape index (κ3) is 4.50. The smallest absolute Gasteiger partial charge is 0.343 e. The van der Waals surface area contributed by atoms with Gasteiger partial charge in [-0.2, -0.15) is 0 Å². The zero-order valence-corrected chi connectivity index (χ0v) is 14.2. The topological polar surface area (TPSA) is 114 Å². The van der Waals surface area contributed by atoms with Crippen LogP contribution in [0.4, 0.5) is 4.79 Å². The number of phenolic OH excluding ortho intramolecular Hbond substituents is 1. The molecule has 0 aliphatic rings. The average molecular weight is 358 g/mol. The molecular formula is C18H18N2O6. The van der Waals surface area contributed by atoms with Gasteiger partial charge in [-0.1, -0.05) is 30.3 Å². The number of amides is 3. The quantitative estimate of drug-likeness (QED) is 0.702. The van der Waals surface area contributed by atoms with Gasteiger partial charge in [-0.15, -0.1) is 0 Å². The van der Waals surface area contributed by atoms with E-state index in [-0.39, 0.29) is 11.3 Å². The van der Waals surface area contributed by atoms with Gasteiger partial charge in [0, 0.05) is 18.7 Å². The molecule has 1 atom stereocenters. The molecule has 0 aliphatic heterocycles. The highest BCUT2D eigenvalue weighted by molar-refractivity contribution is 5.99. The number of benzene rings is 2. The number of ether oxygens (including phenoxy) is 2. The Labute approximate surface area is 149 Å². The highest BCUT2D eigenvalue weighted by Crippen LogP contribution is 2.26. The lowest BCUT2D eigenvalue weighted by molar-refractivity contribution is -0.129. The van der Waals surface area contributed by atoms with Crippen LogP contribution in [0.25, 0.3) is 0 Å². The number of imide groups is 1. The van der Waals surface area contributed by atoms with E-state index < -0.39 is 24.0 Å². The number of urea groups is 1. The third-order valence-electron chi connectivity index (χ3n) is 3.45. The number of phenols is 1. The molecule has 8 nitrogen and oxygen atoms in total. The van der Waals surface area contributed by atoms with E-state index in [1.807, 2.05) is 0 Å². The van der Waals surface area contributed by atoms with Crippen LogP contribution in [0, 0.1) is 0 Å². The fourth-order valence-corrected chi connectivity index (χ4v) is 2.12. The van der Waals surface area contributed by atoms with E-state index >= 15 is 0 Å². The van der Waals surface area contributed by atoms with Crippen LogP contribution in [0.1, 0.15) is 22.0 Å². The lowest BCUT2D eigenvalue weighted by Crippen LogP contribution is -2.41. The average Bonchev–Trinajstić information content (AvgIpc) is 2.66. The molecular weight excluding hydrogens is 340 g/mol. The highest BCUT2D eigenvalue weighted by atomic mass is 16.5. The van der Waals surface area contributed by atoms with E-state index in [9.17, 15) is 19.5 Å². The third-order valence-corrected chi connectivity index (χ3v) is 3.45. The van der Waals surface area contributed by atoms with Gasteiger partial charge < -0.3 is 19.9 Å². The number of nitrogens with one attached hydrogen (secondary N) is 2. The van der Waals surface area contributed by atoms with Crippen LogP contribution in [0.3, 0.4) is 0 Å². The first-order chi connectivity index (χ1) is 12.5. The monoisotopic (exact) mass is 358 g/mol. The summed E-state index contributed by atoms with van der Waals surface area (Å²) < 4.78 is 10.2. The summed E-state index contributed by atoms with van der Waals surface area (Å²) in [7, 11) is 2.77. The summed E-state index contributed by atoms with van der Waals surface area (Å²) in [5.74, 6) is -1.74. The van der Waals surface area contributed by atoms with Crippen LogP contribution < -0.4 is 15.4 Å². The van der Waals surface area contributed by atoms with Crippen molar-refractivity contribution < 1.29 is 29.0 Å². The van der Waals surface area contributed by atoms with Crippen LogP contribution in [-0.4, -0.2) is 37.2 Å². The van der Waals surface area contributed by atoms with Gasteiger partial charge in [0.1, 0.15) is 17.1 Å². The largest absolute Gasteiger partial charge is 0.507 e. The Morgan fingerprint density at radius 3 is 2.35 bits per heavy atom. The van der Waals surface area contributed by atoms with Crippen molar-refractivity contribution in [2.75, 3.05) is 14.2 Å². The lowest BCUT2D eigenvalue weighted by Gasteiger charge is -2.18. The minimum atomic E-state index is -1.37. The van der Waals surface area contributed by atoms with Gasteiger partial charge in [0.25, 0.3) is 5.91 Å². The molecule has 0 saturated heterocycles. The maximum absolute atomic E-state index is 12.4. The van der Waals surface area contributed by atoms with Crippen LogP contribution >= 0.6 is 0 Å². The lowest BCUT2D eigenvalue weighted by atomic mass is 10.1. The molecule has 0 bridgehead atoms. The molecule has 0 radical (unpaired) electrons. The highest BCUT2D eigenvalue weighted by Gasteiger charge is 2.28. The predicted octanol–water partition coefficient (Wildman–Crippen LogP) is 1.75. The molecule has 3 N–H and O–H groups in total. The van der Waals surface area contributed by atoms with E-state index in [0.717, 1.165) is 0 Å². The van der Waals surface area contributed by atoms with Gasteiger partial charge >= 0.3 is 12.0 Å². The maximum atomic E-state index is 12.4. The summed E-state index contributed by atoms with van der Waals surface area (Å²) in [5, 5.41) is 14.3. The van der Waals surface area contributed by atoms with Crippen molar-refractivity contribution in [3.8, 4) is 11.5 Å². The SMILES string of the molecule is CNC(=O)NC(=O)[C@@H](OC(=O)c1ccc(OC)cc1O)c1ccccc1. The van der Waals surface area contributed by atoms with Crippen LogP contribution in [0.15, 0.2) is 48.5 Å². The van der Waals surface area contributed by atoms with Gasteiger partial charge in [-0.25, -0.2) is 9.59 Å². The van der Waals surface area contributed by atoms with Crippen molar-refractivity contribution in [1.82, 2.24) is 10.6 Å². The van der Waals surface area contributed by atoms with Crippen LogP contribution in [0.5, 0.6) is 11.5 Å². The number of carbonyl (C=O) groups is 3. The summed E-state index contributed by atoms with van der Waals surface area (Å²) in [6, 6.07) is 11.5. The number of carbonyl (C=O) groups excluding carboxylic acids is 3. The van der Waals surface area contributed by atoms with Gasteiger partial charge in [0.2, 0.25) is 6.10 Å². The number of esters is 1. The van der Waals surface area contributed by atoms with E-state index in [2.05, 4.69) is 10.6 Å². The van der Waals surface area contributed by atoms with Crippen LogP contribution in [0.2, 0.25) is 0 Å². The normalized spacial score (nSPS) is 11.2. The zero-order valence-electron chi connectivity index (χ0n) is 14.2. The summed E-state index contributed by atoms with van der Waals surface area (Å²) in [5.41, 5.74) is 0.231. The molecule has 0 heterocycles. The standard InChI is InChI=1S/C18H18N2O6/c1-19-18(24)20-16(22)15(11-6-4-3-5-7-11)26-17(23)13-9-8-12(25-2)10-14(13)21/h3-10,15,21H,1-2H3,(H2,19,20,22,24)/t15-/m0/s1. The van der Waals surface area contributed by atoms with Gasteiger partial charge in [0.05, 0.1) is 7.11 Å². The van der Waals surface area contributed by atoms with E-state index in [4.69, 9.17) is 9.47 Å². The first-order valence-electron chi connectivity index (χ1n) is 7.61. The van der Waals surface area contributed by atoms with Crippen molar-refractivity contribution >= 4 is 17.9 Å². The van der Waals surface area contributed by atoms with Gasteiger partial charge in [0.15, 0.2) is 0 Å². The Bertz CT molecular complexity index is 807. The maximum Gasteiger partial charge on any atom is 0.343 e. The fourth-order valence-electron chi connectivity index (χ4n) is 2.12. The fraction of sp³-hybridized carbons (Fsp3) is 0.167. The predicted molar refractivity (Wildman–Crippen MR) is 91.9 cm³/mol. The Kier molecular flexibility index (Phi) is 6.15.